The van der Waals surface area contributed by atoms with E-state index in [-0.39, 0.29) is 47.2 Å². The van der Waals surface area contributed by atoms with Crippen molar-refractivity contribution in [3.8, 4) is 5.75 Å². The number of carbonyl (C=O) groups excluding carboxylic acids is 2. The van der Waals surface area contributed by atoms with Crippen molar-refractivity contribution in [2.45, 2.75) is 11.8 Å². The lowest BCUT2D eigenvalue weighted by Crippen LogP contribution is -2.40. The maximum Gasteiger partial charge on any atom is 0.337 e. The van der Waals surface area contributed by atoms with E-state index in [0.29, 0.717) is 13.2 Å². The molecule has 2 aromatic carbocycles. The minimum atomic E-state index is -3.84. The Bertz CT molecular complexity index is 1060. The number of nitrogens with zero attached hydrogens (tertiary/aromatic N) is 1. The van der Waals surface area contributed by atoms with E-state index in [2.05, 4.69) is 10.1 Å². The molecule has 1 aliphatic rings. The zero-order valence-corrected chi connectivity index (χ0v) is 18.1. The summed E-state index contributed by atoms with van der Waals surface area (Å²) in [5.41, 5.74) is 0.746. The van der Waals surface area contributed by atoms with E-state index in [0.717, 1.165) is 0 Å². The van der Waals surface area contributed by atoms with Crippen LogP contribution >= 0.6 is 0 Å². The first-order chi connectivity index (χ1) is 14.9. The van der Waals surface area contributed by atoms with Crippen LogP contribution in [-0.4, -0.2) is 64.6 Å². The molecule has 0 atom stereocenters. The highest BCUT2D eigenvalue weighted by molar-refractivity contribution is 7.89. The molecule has 2 aromatic rings. The number of rotatable bonds is 7. The van der Waals surface area contributed by atoms with Gasteiger partial charge in [-0.3, -0.25) is 4.79 Å². The van der Waals surface area contributed by atoms with E-state index < -0.39 is 21.9 Å². The third kappa shape index (κ3) is 5.22. The van der Waals surface area contributed by atoms with E-state index in [1.807, 2.05) is 0 Å². The van der Waals surface area contributed by atoms with Crippen LogP contribution in [0.1, 0.15) is 27.6 Å². The maximum absolute atomic E-state index is 13.2. The minimum absolute atomic E-state index is 0.0302. The van der Waals surface area contributed by atoms with E-state index in [1.54, 1.807) is 25.1 Å². The monoisotopic (exact) mass is 448 g/mol. The molecule has 1 aliphatic heterocycles. The molecular weight excluding hydrogens is 424 g/mol. The summed E-state index contributed by atoms with van der Waals surface area (Å²) in [6.07, 6.45) is 0. The number of methoxy groups -OCH3 is 1. The minimum Gasteiger partial charge on any atom is -0.492 e. The fourth-order valence-corrected chi connectivity index (χ4v) is 4.66. The Morgan fingerprint density at radius 1 is 1.10 bits per heavy atom. The molecule has 1 amide bonds. The van der Waals surface area contributed by atoms with E-state index in [4.69, 9.17) is 9.47 Å². The van der Waals surface area contributed by atoms with Gasteiger partial charge in [0.25, 0.3) is 5.91 Å². The van der Waals surface area contributed by atoms with Gasteiger partial charge in [-0.15, -0.1) is 0 Å². The van der Waals surface area contributed by atoms with Gasteiger partial charge in [-0.1, -0.05) is 6.07 Å². The number of hydrogen-bond acceptors (Lipinski definition) is 7. The molecule has 166 valence electrons. The Labute approximate surface area is 181 Å². The van der Waals surface area contributed by atoms with Crippen molar-refractivity contribution in [2.24, 2.45) is 0 Å². The van der Waals surface area contributed by atoms with E-state index >= 15 is 0 Å². The molecule has 31 heavy (non-hydrogen) atoms. The lowest BCUT2D eigenvalue weighted by molar-refractivity contribution is 0.0600. The van der Waals surface area contributed by atoms with Crippen molar-refractivity contribution in [2.75, 3.05) is 45.3 Å². The molecule has 0 aromatic heterocycles. The van der Waals surface area contributed by atoms with Gasteiger partial charge in [-0.25, -0.2) is 13.2 Å². The zero-order chi connectivity index (χ0) is 22.4. The number of benzene rings is 2. The molecule has 10 heteroatoms. The van der Waals surface area contributed by atoms with Gasteiger partial charge in [0.1, 0.15) is 10.6 Å². The molecule has 0 aliphatic carbocycles. The van der Waals surface area contributed by atoms with Crippen molar-refractivity contribution in [1.82, 2.24) is 4.31 Å². The first-order valence-corrected chi connectivity index (χ1v) is 11.1. The van der Waals surface area contributed by atoms with Crippen LogP contribution in [0.3, 0.4) is 0 Å². The normalized spacial score (nSPS) is 14.6. The zero-order valence-electron chi connectivity index (χ0n) is 17.3. The Hall–Kier alpha value is -2.95. The summed E-state index contributed by atoms with van der Waals surface area (Å²) in [5.74, 6) is -0.848. The molecule has 0 radical (unpaired) electrons. The fraction of sp³-hybridized carbons (Fsp3) is 0.333. The van der Waals surface area contributed by atoms with Crippen LogP contribution in [0.15, 0.2) is 47.4 Å². The van der Waals surface area contributed by atoms with Crippen LogP contribution < -0.4 is 10.1 Å². The highest BCUT2D eigenvalue weighted by Crippen LogP contribution is 2.30. The number of carbonyl (C=O) groups is 2. The fourth-order valence-electron chi connectivity index (χ4n) is 3.10. The second-order valence-electron chi connectivity index (χ2n) is 6.64. The number of nitrogens with one attached hydrogen (secondary N) is 1. The Kier molecular flexibility index (Phi) is 7.26. The summed E-state index contributed by atoms with van der Waals surface area (Å²) >= 11 is 0. The van der Waals surface area contributed by atoms with Crippen LogP contribution in [-0.2, 0) is 19.5 Å². The highest BCUT2D eigenvalue weighted by Gasteiger charge is 2.30. The van der Waals surface area contributed by atoms with Crippen molar-refractivity contribution in [1.29, 1.82) is 0 Å². The Morgan fingerprint density at radius 2 is 1.81 bits per heavy atom. The van der Waals surface area contributed by atoms with Crippen LogP contribution in [0.2, 0.25) is 0 Å². The lowest BCUT2D eigenvalue weighted by atomic mass is 10.1. The average molecular weight is 448 g/mol. The standard InChI is InChI=1S/C21H24N2O7S/c1-3-30-18-8-7-17(14-19(18)31(26,27)23-9-11-29-12-10-23)22-20(24)15-5-4-6-16(13-15)21(25)28-2/h4-8,13-14H,3,9-12H2,1-2H3,(H,22,24). The SMILES string of the molecule is CCOc1ccc(NC(=O)c2cccc(C(=O)OC)c2)cc1S(=O)(=O)N1CCOCC1. The third-order valence-corrected chi connectivity index (χ3v) is 6.55. The number of ether oxygens (including phenoxy) is 3. The Balaban J connectivity index is 1.90. The topological polar surface area (TPSA) is 111 Å². The predicted octanol–water partition coefficient (Wildman–Crippen LogP) is 2.15. The molecule has 9 nitrogen and oxygen atoms in total. The van der Waals surface area contributed by atoms with E-state index in [1.165, 1.54) is 35.7 Å². The molecule has 0 bridgehead atoms. The summed E-state index contributed by atoms with van der Waals surface area (Å²) in [6, 6.07) is 10.5. The van der Waals surface area contributed by atoms with Crippen molar-refractivity contribution < 1.29 is 32.2 Å². The van der Waals surface area contributed by atoms with Crippen LogP contribution in [0.25, 0.3) is 0 Å². The van der Waals surface area contributed by atoms with Gasteiger partial charge in [0, 0.05) is 24.3 Å². The van der Waals surface area contributed by atoms with Crippen LogP contribution in [0.4, 0.5) is 5.69 Å². The summed E-state index contributed by atoms with van der Waals surface area (Å²) < 4.78 is 43.1. The van der Waals surface area contributed by atoms with Gasteiger partial charge in [0.15, 0.2) is 0 Å². The molecule has 1 fully saturated rings. The molecule has 0 saturated carbocycles. The first-order valence-electron chi connectivity index (χ1n) is 9.71. The van der Waals surface area contributed by atoms with Crippen molar-refractivity contribution in [3.63, 3.8) is 0 Å². The lowest BCUT2D eigenvalue weighted by Gasteiger charge is -2.27. The predicted molar refractivity (Wildman–Crippen MR) is 113 cm³/mol. The molecule has 1 N–H and O–H groups in total. The summed E-state index contributed by atoms with van der Waals surface area (Å²) in [4.78, 5) is 24.4. The van der Waals surface area contributed by atoms with Crippen molar-refractivity contribution >= 4 is 27.6 Å². The van der Waals surface area contributed by atoms with Gasteiger partial charge >= 0.3 is 5.97 Å². The summed E-state index contributed by atoms with van der Waals surface area (Å²) in [6.45, 7) is 3.16. The van der Waals surface area contributed by atoms with E-state index in [9.17, 15) is 18.0 Å². The number of anilines is 1. The summed E-state index contributed by atoms with van der Waals surface area (Å²) in [5, 5.41) is 2.67. The number of amides is 1. The van der Waals surface area contributed by atoms with Crippen LogP contribution in [0.5, 0.6) is 5.75 Å². The quantitative estimate of drug-likeness (QED) is 0.646. The second kappa shape index (κ2) is 9.90. The van der Waals surface area contributed by atoms with Crippen LogP contribution in [0, 0.1) is 0 Å². The van der Waals surface area contributed by atoms with Gasteiger partial charge in [-0.05, 0) is 43.3 Å². The highest BCUT2D eigenvalue weighted by atomic mass is 32.2. The molecule has 1 saturated heterocycles. The molecule has 1 heterocycles. The smallest absolute Gasteiger partial charge is 0.337 e. The first kappa shape index (κ1) is 22.7. The number of sulfonamides is 1. The largest absolute Gasteiger partial charge is 0.492 e. The number of hydrogen-bond donors (Lipinski definition) is 1. The Morgan fingerprint density at radius 3 is 2.48 bits per heavy atom. The number of esters is 1. The maximum atomic E-state index is 13.2. The van der Waals surface area contributed by atoms with Gasteiger partial charge in [-0.2, -0.15) is 4.31 Å². The molecule has 0 spiro atoms. The van der Waals surface area contributed by atoms with Gasteiger partial charge < -0.3 is 19.5 Å². The molecule has 0 unspecified atom stereocenters. The second-order valence-corrected chi connectivity index (χ2v) is 8.54. The van der Waals surface area contributed by atoms with Gasteiger partial charge in [0.2, 0.25) is 10.0 Å². The van der Waals surface area contributed by atoms with Gasteiger partial charge in [0.05, 0.1) is 32.5 Å². The molecular formula is C21H24N2O7S. The molecule has 3 rings (SSSR count). The third-order valence-electron chi connectivity index (χ3n) is 4.64. The summed E-state index contributed by atoms with van der Waals surface area (Å²) in [7, 11) is -2.59. The number of morpholine rings is 1. The van der Waals surface area contributed by atoms with Crippen molar-refractivity contribution in [3.05, 3.63) is 53.6 Å². The average Bonchev–Trinajstić information content (AvgIpc) is 2.80.